The zero-order chi connectivity index (χ0) is 20.9. The smallest absolute Gasteiger partial charge is 0.341 e. The average molecular weight is 410 g/mol. The molecular formula is C19H21F2N2O4P. The summed E-state index contributed by atoms with van der Waals surface area (Å²) in [6.07, 6.45) is 0. The normalized spacial score (nSPS) is 11.0. The van der Waals surface area contributed by atoms with Crippen LogP contribution in [0.4, 0.5) is 19.3 Å². The lowest BCUT2D eigenvalue weighted by molar-refractivity contribution is -0.139. The highest BCUT2D eigenvalue weighted by atomic mass is 31.0. The molecule has 0 aromatic heterocycles. The van der Waals surface area contributed by atoms with Crippen LogP contribution in [0.5, 0.6) is 5.75 Å². The summed E-state index contributed by atoms with van der Waals surface area (Å²) >= 11 is 0. The van der Waals surface area contributed by atoms with Crippen LogP contribution in [0.3, 0.4) is 0 Å². The number of ether oxygens (including phenoxy) is 1. The fourth-order valence-corrected chi connectivity index (χ4v) is 2.77. The van der Waals surface area contributed by atoms with Gasteiger partial charge in [0.1, 0.15) is 5.75 Å². The molecule has 28 heavy (non-hydrogen) atoms. The third-order valence-electron chi connectivity index (χ3n) is 3.83. The number of aliphatic carboxylic acids is 1. The Morgan fingerprint density at radius 3 is 2.46 bits per heavy atom. The number of benzene rings is 2. The van der Waals surface area contributed by atoms with Crippen molar-refractivity contribution in [2.45, 2.75) is 19.5 Å². The molecule has 150 valence electrons. The summed E-state index contributed by atoms with van der Waals surface area (Å²) < 4.78 is 32.8. The fraction of sp³-hybridized carbons (Fsp3) is 0.263. The van der Waals surface area contributed by atoms with Crippen LogP contribution >= 0.6 is 9.24 Å². The molecule has 0 aliphatic carbocycles. The van der Waals surface area contributed by atoms with E-state index in [0.29, 0.717) is 28.9 Å². The van der Waals surface area contributed by atoms with Gasteiger partial charge in [0.15, 0.2) is 6.61 Å². The summed E-state index contributed by atoms with van der Waals surface area (Å²) in [5, 5.41) is 14.1. The molecule has 0 saturated carbocycles. The van der Waals surface area contributed by atoms with E-state index in [1.165, 1.54) is 27.4 Å². The maximum Gasteiger partial charge on any atom is 0.341 e. The monoisotopic (exact) mass is 410 g/mol. The van der Waals surface area contributed by atoms with Gasteiger partial charge in [-0.05, 0) is 55.3 Å². The van der Waals surface area contributed by atoms with Crippen molar-refractivity contribution in [3.8, 4) is 16.9 Å². The molecule has 0 heterocycles. The third kappa shape index (κ3) is 5.63. The molecule has 0 aliphatic rings. The molecule has 2 aromatic carbocycles. The summed E-state index contributed by atoms with van der Waals surface area (Å²) in [4.78, 5) is 22.5. The Morgan fingerprint density at radius 2 is 1.89 bits per heavy atom. The first-order chi connectivity index (χ1) is 13.1. The van der Waals surface area contributed by atoms with E-state index in [9.17, 15) is 18.4 Å². The summed E-state index contributed by atoms with van der Waals surface area (Å²) in [6.45, 7) is 3.43. The number of halogens is 2. The molecule has 0 radical (unpaired) electrons. The standard InChI is InChI=1S/C19H21F2N2O4P/c1-3-22-18(26)23-13-5-6-14(11(2)8-13)15-9-12(19(20,21)28)4-7-16(15)27-10-17(24)25/h4-9H,3,10,28H2,1-2H3,(H,24,25)(H2,22,23,26). The molecule has 2 amide bonds. The largest absolute Gasteiger partial charge is 0.481 e. The minimum atomic E-state index is -3.15. The number of alkyl halides is 2. The molecular weight excluding hydrogens is 389 g/mol. The molecule has 6 nitrogen and oxygen atoms in total. The van der Waals surface area contributed by atoms with Crippen molar-refractivity contribution in [1.82, 2.24) is 5.32 Å². The zero-order valence-electron chi connectivity index (χ0n) is 15.4. The molecule has 1 unspecified atom stereocenters. The van der Waals surface area contributed by atoms with Crippen LogP contribution in [0.1, 0.15) is 18.1 Å². The Bertz CT molecular complexity index is 885. The van der Waals surface area contributed by atoms with Gasteiger partial charge >= 0.3 is 12.0 Å². The predicted octanol–water partition coefficient (Wildman–Crippen LogP) is 4.19. The van der Waals surface area contributed by atoms with E-state index < -0.39 is 18.2 Å². The minimum Gasteiger partial charge on any atom is -0.481 e. The Labute approximate surface area is 163 Å². The Hall–Kier alpha value is -2.73. The summed E-state index contributed by atoms with van der Waals surface area (Å²) in [5.74, 6) is -1.00. The molecule has 0 spiro atoms. The van der Waals surface area contributed by atoms with Crippen molar-refractivity contribution in [1.29, 1.82) is 0 Å². The average Bonchev–Trinajstić information content (AvgIpc) is 2.59. The number of rotatable bonds is 7. The Kier molecular flexibility index (Phi) is 6.91. The van der Waals surface area contributed by atoms with Crippen molar-refractivity contribution in [3.05, 3.63) is 47.5 Å². The molecule has 2 rings (SSSR count). The van der Waals surface area contributed by atoms with Crippen LogP contribution in [0.2, 0.25) is 0 Å². The molecule has 0 saturated heterocycles. The highest BCUT2D eigenvalue weighted by Crippen LogP contribution is 2.41. The number of nitrogens with one attached hydrogen (secondary N) is 2. The molecule has 3 N–H and O–H groups in total. The van der Waals surface area contributed by atoms with Crippen LogP contribution < -0.4 is 15.4 Å². The van der Waals surface area contributed by atoms with Crippen LogP contribution in [0.15, 0.2) is 36.4 Å². The van der Waals surface area contributed by atoms with E-state index in [0.717, 1.165) is 0 Å². The van der Waals surface area contributed by atoms with Gasteiger partial charge in [-0.25, -0.2) is 9.59 Å². The minimum absolute atomic E-state index is 0.174. The lowest BCUT2D eigenvalue weighted by Crippen LogP contribution is -2.28. The molecule has 0 fully saturated rings. The number of amides is 2. The van der Waals surface area contributed by atoms with E-state index in [1.54, 1.807) is 32.0 Å². The summed E-state index contributed by atoms with van der Waals surface area (Å²) in [7, 11) is 1.47. The second-order valence-corrected chi connectivity index (χ2v) is 6.76. The number of carbonyl (C=O) groups excluding carboxylic acids is 1. The van der Waals surface area contributed by atoms with Crippen molar-refractivity contribution >= 4 is 26.9 Å². The SMILES string of the molecule is CCNC(=O)Nc1ccc(-c2cc(C(F)(F)P)ccc2OCC(=O)O)c(C)c1. The van der Waals surface area contributed by atoms with E-state index in [-0.39, 0.29) is 17.3 Å². The van der Waals surface area contributed by atoms with E-state index in [2.05, 4.69) is 10.6 Å². The first kappa shape index (κ1) is 21.6. The molecule has 0 aliphatic heterocycles. The number of carboxylic acids is 1. The quantitative estimate of drug-likeness (QED) is 0.598. The molecule has 1 atom stereocenters. The van der Waals surface area contributed by atoms with Crippen molar-refractivity contribution < 1.29 is 28.2 Å². The summed E-state index contributed by atoms with van der Waals surface area (Å²) in [6, 6.07) is 8.40. The van der Waals surface area contributed by atoms with Crippen LogP contribution in [-0.2, 0) is 10.5 Å². The van der Waals surface area contributed by atoms with Crippen molar-refractivity contribution in [3.63, 3.8) is 0 Å². The highest BCUT2D eigenvalue weighted by Gasteiger charge is 2.26. The van der Waals surface area contributed by atoms with E-state index in [1.807, 2.05) is 0 Å². The molecule has 2 aromatic rings. The topological polar surface area (TPSA) is 87.7 Å². The molecule has 0 bridgehead atoms. The lowest BCUT2D eigenvalue weighted by atomic mass is 9.97. The van der Waals surface area contributed by atoms with Gasteiger partial charge in [0.25, 0.3) is 5.66 Å². The second-order valence-electron chi connectivity index (χ2n) is 6.03. The maximum absolute atomic E-state index is 13.8. The second kappa shape index (κ2) is 8.97. The van der Waals surface area contributed by atoms with Gasteiger partial charge in [-0.3, -0.25) is 0 Å². The Morgan fingerprint density at radius 1 is 1.18 bits per heavy atom. The fourth-order valence-electron chi connectivity index (χ4n) is 2.59. The van der Waals surface area contributed by atoms with Gasteiger partial charge in [0.05, 0.1) is 0 Å². The predicted molar refractivity (Wildman–Crippen MR) is 106 cm³/mol. The molecule has 9 heteroatoms. The van der Waals surface area contributed by atoms with Gasteiger partial charge in [-0.1, -0.05) is 15.3 Å². The lowest BCUT2D eigenvalue weighted by Gasteiger charge is -2.17. The third-order valence-corrected chi connectivity index (χ3v) is 4.16. The number of carbonyl (C=O) groups is 2. The number of aryl methyl sites for hydroxylation is 1. The van der Waals surface area contributed by atoms with Gasteiger partial charge in [-0.2, -0.15) is 8.78 Å². The number of anilines is 1. The Balaban J connectivity index is 2.45. The first-order valence-corrected chi connectivity index (χ1v) is 9.01. The van der Waals surface area contributed by atoms with Gasteiger partial charge < -0.3 is 20.5 Å². The maximum atomic E-state index is 13.8. The zero-order valence-corrected chi connectivity index (χ0v) is 16.5. The van der Waals surface area contributed by atoms with Gasteiger partial charge in [-0.15, -0.1) is 0 Å². The van der Waals surface area contributed by atoms with E-state index >= 15 is 0 Å². The first-order valence-electron chi connectivity index (χ1n) is 8.43. The van der Waals surface area contributed by atoms with E-state index in [4.69, 9.17) is 9.84 Å². The van der Waals surface area contributed by atoms with Crippen LogP contribution in [0.25, 0.3) is 11.1 Å². The number of hydrogen-bond acceptors (Lipinski definition) is 3. The van der Waals surface area contributed by atoms with Crippen molar-refractivity contribution in [2.24, 2.45) is 0 Å². The number of urea groups is 1. The van der Waals surface area contributed by atoms with Crippen LogP contribution in [0, 0.1) is 6.92 Å². The van der Waals surface area contributed by atoms with Gasteiger partial charge in [0, 0.05) is 23.4 Å². The number of carboxylic acid groups (broad SMARTS) is 1. The van der Waals surface area contributed by atoms with Crippen LogP contribution in [-0.4, -0.2) is 30.3 Å². The van der Waals surface area contributed by atoms with Gasteiger partial charge in [0.2, 0.25) is 0 Å². The summed E-state index contributed by atoms with van der Waals surface area (Å²) in [5.41, 5.74) is -1.25. The van der Waals surface area contributed by atoms with Crippen molar-refractivity contribution in [2.75, 3.05) is 18.5 Å². The highest BCUT2D eigenvalue weighted by molar-refractivity contribution is 7.17. The number of hydrogen-bond donors (Lipinski definition) is 3.